The molecule has 132 valence electrons. The molecule has 2 aromatic carbocycles. The van der Waals surface area contributed by atoms with Crippen LogP contribution in [0.4, 0.5) is 5.69 Å². The molecule has 6 heteroatoms. The van der Waals surface area contributed by atoms with Crippen LogP contribution in [0.25, 0.3) is 0 Å². The van der Waals surface area contributed by atoms with Gasteiger partial charge in [-0.1, -0.05) is 23.8 Å². The van der Waals surface area contributed by atoms with Gasteiger partial charge in [0.2, 0.25) is 0 Å². The van der Waals surface area contributed by atoms with Gasteiger partial charge in [0, 0.05) is 42.5 Å². The molecule has 0 radical (unpaired) electrons. The van der Waals surface area contributed by atoms with Crippen molar-refractivity contribution in [2.75, 3.05) is 45.3 Å². The van der Waals surface area contributed by atoms with E-state index in [0.717, 1.165) is 41.8 Å². The van der Waals surface area contributed by atoms with Crippen molar-refractivity contribution in [1.82, 2.24) is 4.90 Å². The second-order valence-electron chi connectivity index (χ2n) is 5.83. The molecule has 1 aliphatic rings. The van der Waals surface area contributed by atoms with Crippen molar-refractivity contribution in [2.24, 2.45) is 0 Å². The largest absolute Gasteiger partial charge is 0.493 e. The summed E-state index contributed by atoms with van der Waals surface area (Å²) in [5, 5.41) is 0.761. The number of anilines is 1. The lowest BCUT2D eigenvalue weighted by Gasteiger charge is -2.37. The Kier molecular flexibility index (Phi) is 5.66. The van der Waals surface area contributed by atoms with Gasteiger partial charge < -0.3 is 19.3 Å². The number of piperazine rings is 1. The number of hydrogen-bond acceptors (Lipinski definition) is 4. The molecule has 0 saturated carbocycles. The highest BCUT2D eigenvalue weighted by atomic mass is 35.5. The number of hydrogen-bond donors (Lipinski definition) is 0. The fourth-order valence-corrected chi connectivity index (χ4v) is 3.41. The zero-order valence-corrected chi connectivity index (χ0v) is 15.9. The number of rotatable bonds is 4. The van der Waals surface area contributed by atoms with Gasteiger partial charge in [-0.3, -0.25) is 0 Å². The SMILES string of the molecule is COc1ccc(C(=S)N2CCN(c3ccc(Cl)cc3)CC2)cc1OC. The molecule has 25 heavy (non-hydrogen) atoms. The molecular formula is C19H21ClN2O2S. The Morgan fingerprint density at radius 1 is 0.920 bits per heavy atom. The van der Waals surface area contributed by atoms with Crippen LogP contribution in [0.1, 0.15) is 5.56 Å². The number of benzene rings is 2. The van der Waals surface area contributed by atoms with Crippen molar-refractivity contribution in [2.45, 2.75) is 0 Å². The molecule has 1 aliphatic heterocycles. The zero-order valence-electron chi connectivity index (χ0n) is 14.4. The third-order valence-electron chi connectivity index (χ3n) is 4.39. The Hall–Kier alpha value is -1.98. The number of nitrogens with zero attached hydrogens (tertiary/aromatic N) is 2. The molecule has 1 saturated heterocycles. The lowest BCUT2D eigenvalue weighted by atomic mass is 10.1. The molecule has 2 aromatic rings. The van der Waals surface area contributed by atoms with E-state index in [-0.39, 0.29) is 0 Å². The van der Waals surface area contributed by atoms with Crippen LogP contribution in [0.5, 0.6) is 11.5 Å². The van der Waals surface area contributed by atoms with Gasteiger partial charge in [-0.05, 0) is 42.5 Å². The van der Waals surface area contributed by atoms with E-state index in [1.807, 2.05) is 30.3 Å². The fraction of sp³-hybridized carbons (Fsp3) is 0.316. The van der Waals surface area contributed by atoms with E-state index in [4.69, 9.17) is 33.3 Å². The topological polar surface area (TPSA) is 24.9 Å². The average molecular weight is 377 g/mol. The monoisotopic (exact) mass is 376 g/mol. The third-order valence-corrected chi connectivity index (χ3v) is 5.14. The van der Waals surface area contributed by atoms with Gasteiger partial charge in [-0.25, -0.2) is 0 Å². The highest BCUT2D eigenvalue weighted by Gasteiger charge is 2.20. The second-order valence-corrected chi connectivity index (χ2v) is 6.65. The van der Waals surface area contributed by atoms with E-state index in [1.54, 1.807) is 14.2 Å². The summed E-state index contributed by atoms with van der Waals surface area (Å²) < 4.78 is 10.7. The van der Waals surface area contributed by atoms with E-state index in [2.05, 4.69) is 21.9 Å². The van der Waals surface area contributed by atoms with Crippen LogP contribution in [-0.4, -0.2) is 50.3 Å². The molecule has 0 unspecified atom stereocenters. The van der Waals surface area contributed by atoms with Gasteiger partial charge >= 0.3 is 0 Å². The maximum Gasteiger partial charge on any atom is 0.161 e. The number of ether oxygens (including phenoxy) is 2. The minimum Gasteiger partial charge on any atom is -0.493 e. The number of halogens is 1. The predicted molar refractivity (Wildman–Crippen MR) is 106 cm³/mol. The molecule has 0 atom stereocenters. The van der Waals surface area contributed by atoms with Crippen LogP contribution in [0.3, 0.4) is 0 Å². The van der Waals surface area contributed by atoms with Crippen LogP contribution in [0.2, 0.25) is 5.02 Å². The van der Waals surface area contributed by atoms with Gasteiger partial charge in [0.1, 0.15) is 4.99 Å². The summed E-state index contributed by atoms with van der Waals surface area (Å²) in [4.78, 5) is 5.43. The van der Waals surface area contributed by atoms with Crippen molar-refractivity contribution < 1.29 is 9.47 Å². The first-order valence-corrected chi connectivity index (χ1v) is 8.93. The fourth-order valence-electron chi connectivity index (χ4n) is 2.97. The van der Waals surface area contributed by atoms with E-state index in [9.17, 15) is 0 Å². The lowest BCUT2D eigenvalue weighted by Crippen LogP contribution is -2.48. The van der Waals surface area contributed by atoms with E-state index < -0.39 is 0 Å². The van der Waals surface area contributed by atoms with Crippen molar-refractivity contribution in [3.63, 3.8) is 0 Å². The van der Waals surface area contributed by atoms with Crippen molar-refractivity contribution in [1.29, 1.82) is 0 Å². The van der Waals surface area contributed by atoms with Crippen LogP contribution >= 0.6 is 23.8 Å². The first-order chi connectivity index (χ1) is 12.1. The molecular weight excluding hydrogens is 356 g/mol. The standard InChI is InChI=1S/C19H21ClN2O2S/c1-23-17-8-3-14(13-18(17)24-2)19(25)22-11-9-21(10-12-22)16-6-4-15(20)5-7-16/h3-8,13H,9-12H2,1-2H3. The molecule has 0 spiro atoms. The number of thiocarbonyl (C=S) groups is 1. The van der Waals surface area contributed by atoms with Crippen LogP contribution in [0, 0.1) is 0 Å². The van der Waals surface area contributed by atoms with Crippen LogP contribution < -0.4 is 14.4 Å². The summed E-state index contributed by atoms with van der Waals surface area (Å²) in [6, 6.07) is 13.8. The molecule has 0 N–H and O–H groups in total. The van der Waals surface area contributed by atoms with Gasteiger partial charge in [-0.2, -0.15) is 0 Å². The van der Waals surface area contributed by atoms with Crippen LogP contribution in [-0.2, 0) is 0 Å². The molecule has 3 rings (SSSR count). The van der Waals surface area contributed by atoms with Crippen molar-refractivity contribution in [3.8, 4) is 11.5 Å². The number of methoxy groups -OCH3 is 2. The van der Waals surface area contributed by atoms with Crippen LogP contribution in [0.15, 0.2) is 42.5 Å². The molecule has 0 aromatic heterocycles. The van der Waals surface area contributed by atoms with Gasteiger partial charge in [-0.15, -0.1) is 0 Å². The van der Waals surface area contributed by atoms with Crippen molar-refractivity contribution in [3.05, 3.63) is 53.1 Å². The first-order valence-electron chi connectivity index (χ1n) is 8.14. The van der Waals surface area contributed by atoms with Crippen molar-refractivity contribution >= 4 is 34.5 Å². The summed E-state index contributed by atoms with van der Waals surface area (Å²) in [7, 11) is 3.27. The van der Waals surface area contributed by atoms with E-state index in [0.29, 0.717) is 11.5 Å². The normalized spacial score (nSPS) is 14.4. The summed E-state index contributed by atoms with van der Waals surface area (Å²) in [5.74, 6) is 1.41. The Morgan fingerprint density at radius 2 is 1.56 bits per heavy atom. The Labute approximate surface area is 158 Å². The second kappa shape index (κ2) is 7.93. The quantitative estimate of drug-likeness (QED) is 0.755. The molecule has 0 aliphatic carbocycles. The first kappa shape index (κ1) is 17.8. The van der Waals surface area contributed by atoms with Gasteiger partial charge in [0.05, 0.1) is 14.2 Å². The van der Waals surface area contributed by atoms with E-state index >= 15 is 0 Å². The third kappa shape index (κ3) is 3.99. The smallest absolute Gasteiger partial charge is 0.161 e. The average Bonchev–Trinajstić information content (AvgIpc) is 2.67. The highest BCUT2D eigenvalue weighted by Crippen LogP contribution is 2.28. The molecule has 0 amide bonds. The highest BCUT2D eigenvalue weighted by molar-refractivity contribution is 7.80. The molecule has 1 fully saturated rings. The summed E-state index contributed by atoms with van der Waals surface area (Å²) in [6.07, 6.45) is 0. The molecule has 1 heterocycles. The zero-order chi connectivity index (χ0) is 17.8. The molecule has 0 bridgehead atoms. The minimum absolute atomic E-state index is 0.696. The van der Waals surface area contributed by atoms with Gasteiger partial charge in [0.15, 0.2) is 11.5 Å². The molecule has 4 nitrogen and oxygen atoms in total. The lowest BCUT2D eigenvalue weighted by molar-refractivity contribution is 0.354. The van der Waals surface area contributed by atoms with E-state index in [1.165, 1.54) is 5.69 Å². The summed E-state index contributed by atoms with van der Waals surface area (Å²) in [6.45, 7) is 3.62. The minimum atomic E-state index is 0.696. The maximum absolute atomic E-state index is 5.97. The Balaban J connectivity index is 1.66. The predicted octanol–water partition coefficient (Wildman–Crippen LogP) is 3.85. The Bertz CT molecular complexity index is 744. The Morgan fingerprint density at radius 3 is 2.16 bits per heavy atom. The van der Waals surface area contributed by atoms with Gasteiger partial charge in [0.25, 0.3) is 0 Å². The maximum atomic E-state index is 5.97. The summed E-state index contributed by atoms with van der Waals surface area (Å²) >= 11 is 11.7. The summed E-state index contributed by atoms with van der Waals surface area (Å²) in [5.41, 5.74) is 2.17.